The molecule has 1 amide bonds. The Bertz CT molecular complexity index is 547. The van der Waals surface area contributed by atoms with Crippen LogP contribution < -0.4 is 5.32 Å². The molecule has 1 aromatic carbocycles. The van der Waals surface area contributed by atoms with E-state index in [2.05, 4.69) is 5.32 Å². The van der Waals surface area contributed by atoms with Gasteiger partial charge in [0.25, 0.3) is 0 Å². The fourth-order valence-corrected chi connectivity index (χ4v) is 2.77. The molecule has 1 aromatic rings. The lowest BCUT2D eigenvalue weighted by Crippen LogP contribution is -2.35. The number of carbonyl (C=O) groups excluding carboxylic acids is 1. The van der Waals surface area contributed by atoms with Gasteiger partial charge in [0.15, 0.2) is 0 Å². The number of rotatable bonds is 7. The first kappa shape index (κ1) is 20.8. The van der Waals surface area contributed by atoms with Crippen LogP contribution in [-0.2, 0) is 11.0 Å². The molecule has 1 unspecified atom stereocenters. The van der Waals surface area contributed by atoms with E-state index in [-0.39, 0.29) is 30.4 Å². The fourth-order valence-electron chi connectivity index (χ4n) is 2.77. The lowest BCUT2D eigenvalue weighted by atomic mass is 10.0. The van der Waals surface area contributed by atoms with Crippen LogP contribution in [0, 0.1) is 0 Å². The molecule has 1 saturated carbocycles. The Hall–Kier alpha value is -1.27. The SMILES string of the molecule is CNCCCC(=O)N(C1CC1)C(C)c1cccc(C(F)(F)F)c1.Cl. The Kier molecular flexibility index (Phi) is 7.55. The average molecular weight is 365 g/mol. The van der Waals surface area contributed by atoms with E-state index in [0.29, 0.717) is 12.0 Å². The molecule has 0 aromatic heterocycles. The van der Waals surface area contributed by atoms with Gasteiger partial charge in [0, 0.05) is 12.5 Å². The largest absolute Gasteiger partial charge is 0.416 e. The molecular weight excluding hydrogens is 341 g/mol. The van der Waals surface area contributed by atoms with Gasteiger partial charge in [-0.1, -0.05) is 12.1 Å². The van der Waals surface area contributed by atoms with Crippen LogP contribution in [0.25, 0.3) is 0 Å². The smallest absolute Gasteiger partial charge is 0.333 e. The third-order valence-corrected chi connectivity index (χ3v) is 4.16. The van der Waals surface area contributed by atoms with Gasteiger partial charge in [-0.15, -0.1) is 12.4 Å². The van der Waals surface area contributed by atoms with Crippen molar-refractivity contribution >= 4 is 18.3 Å². The third kappa shape index (κ3) is 5.38. The van der Waals surface area contributed by atoms with E-state index in [1.807, 2.05) is 14.0 Å². The molecule has 0 radical (unpaired) electrons. The van der Waals surface area contributed by atoms with Crippen LogP contribution >= 0.6 is 12.4 Å². The highest BCUT2D eigenvalue weighted by molar-refractivity contribution is 5.85. The van der Waals surface area contributed by atoms with Gasteiger partial charge in [0.05, 0.1) is 11.6 Å². The van der Waals surface area contributed by atoms with E-state index in [1.54, 1.807) is 11.0 Å². The zero-order valence-electron chi connectivity index (χ0n) is 13.9. The van der Waals surface area contributed by atoms with Crippen LogP contribution in [0.5, 0.6) is 0 Å². The molecule has 136 valence electrons. The summed E-state index contributed by atoms with van der Waals surface area (Å²) in [6.07, 6.45) is -1.35. The monoisotopic (exact) mass is 364 g/mol. The molecule has 1 aliphatic carbocycles. The van der Waals surface area contributed by atoms with Crippen molar-refractivity contribution in [2.75, 3.05) is 13.6 Å². The summed E-state index contributed by atoms with van der Waals surface area (Å²) in [6.45, 7) is 2.56. The number of amides is 1. The molecule has 3 nitrogen and oxygen atoms in total. The fraction of sp³-hybridized carbons (Fsp3) is 0.588. The predicted molar refractivity (Wildman–Crippen MR) is 90.1 cm³/mol. The van der Waals surface area contributed by atoms with Crippen molar-refractivity contribution in [3.05, 3.63) is 35.4 Å². The lowest BCUT2D eigenvalue weighted by molar-refractivity contribution is -0.137. The maximum atomic E-state index is 12.9. The van der Waals surface area contributed by atoms with Crippen LogP contribution in [0.2, 0.25) is 0 Å². The first-order valence-electron chi connectivity index (χ1n) is 7.97. The van der Waals surface area contributed by atoms with Crippen LogP contribution in [0.1, 0.15) is 49.8 Å². The average Bonchev–Trinajstić information content (AvgIpc) is 3.31. The van der Waals surface area contributed by atoms with Gasteiger partial charge in [0.1, 0.15) is 0 Å². The molecule has 7 heteroatoms. The van der Waals surface area contributed by atoms with E-state index in [1.165, 1.54) is 6.07 Å². The first-order valence-corrected chi connectivity index (χ1v) is 7.97. The van der Waals surface area contributed by atoms with E-state index >= 15 is 0 Å². The lowest BCUT2D eigenvalue weighted by Gasteiger charge is -2.30. The van der Waals surface area contributed by atoms with Gasteiger partial charge in [-0.3, -0.25) is 4.79 Å². The molecule has 0 saturated heterocycles. The third-order valence-electron chi connectivity index (χ3n) is 4.16. The van der Waals surface area contributed by atoms with Gasteiger partial charge >= 0.3 is 6.18 Å². The van der Waals surface area contributed by atoms with Crippen LogP contribution in [0.3, 0.4) is 0 Å². The molecule has 2 rings (SSSR count). The maximum absolute atomic E-state index is 12.9. The van der Waals surface area contributed by atoms with Gasteiger partial charge in [-0.2, -0.15) is 13.2 Å². The summed E-state index contributed by atoms with van der Waals surface area (Å²) in [5.41, 5.74) is -0.131. The molecule has 0 heterocycles. The standard InChI is InChI=1S/C17H23F3N2O.ClH/c1-12(13-5-3-6-14(11-13)17(18,19)20)22(15-8-9-15)16(23)7-4-10-21-2;/h3,5-6,11-12,15,21H,4,7-10H2,1-2H3;1H. The van der Waals surface area contributed by atoms with Crippen LogP contribution in [0.4, 0.5) is 13.2 Å². The number of alkyl halides is 3. The molecule has 0 bridgehead atoms. The zero-order chi connectivity index (χ0) is 17.0. The van der Waals surface area contributed by atoms with Crippen molar-refractivity contribution in [2.45, 2.75) is 50.9 Å². The summed E-state index contributed by atoms with van der Waals surface area (Å²) < 4.78 is 38.6. The van der Waals surface area contributed by atoms with Crippen molar-refractivity contribution in [1.82, 2.24) is 10.2 Å². The predicted octanol–water partition coefficient (Wildman–Crippen LogP) is 4.18. The number of nitrogens with one attached hydrogen (secondary N) is 1. The summed E-state index contributed by atoms with van der Waals surface area (Å²) in [5.74, 6) is 0.0210. The Morgan fingerprint density at radius 3 is 2.58 bits per heavy atom. The highest BCUT2D eigenvalue weighted by atomic mass is 35.5. The van der Waals surface area contributed by atoms with E-state index in [4.69, 9.17) is 0 Å². The summed E-state index contributed by atoms with van der Waals surface area (Å²) >= 11 is 0. The molecule has 1 aliphatic rings. The number of benzene rings is 1. The zero-order valence-corrected chi connectivity index (χ0v) is 14.7. The summed E-state index contributed by atoms with van der Waals surface area (Å²) in [4.78, 5) is 14.2. The van der Waals surface area contributed by atoms with Crippen molar-refractivity contribution in [3.8, 4) is 0 Å². The summed E-state index contributed by atoms with van der Waals surface area (Å²) in [5, 5.41) is 3.00. The normalized spacial score (nSPS) is 15.5. The molecule has 1 atom stereocenters. The second-order valence-electron chi connectivity index (χ2n) is 6.04. The van der Waals surface area contributed by atoms with Crippen molar-refractivity contribution < 1.29 is 18.0 Å². The molecule has 0 spiro atoms. The molecular formula is C17H24ClF3N2O. The Labute approximate surface area is 147 Å². The topological polar surface area (TPSA) is 32.3 Å². The van der Waals surface area contributed by atoms with E-state index in [0.717, 1.165) is 37.9 Å². The van der Waals surface area contributed by atoms with Crippen LogP contribution in [0.15, 0.2) is 24.3 Å². The minimum Gasteiger partial charge on any atom is -0.333 e. The minimum atomic E-state index is -4.36. The second kappa shape index (κ2) is 8.72. The summed E-state index contributed by atoms with van der Waals surface area (Å²) in [6, 6.07) is 5.11. The highest BCUT2D eigenvalue weighted by Gasteiger charge is 2.37. The Morgan fingerprint density at radius 2 is 2.04 bits per heavy atom. The highest BCUT2D eigenvalue weighted by Crippen LogP contribution is 2.37. The van der Waals surface area contributed by atoms with Gasteiger partial charge < -0.3 is 10.2 Å². The summed E-state index contributed by atoms with van der Waals surface area (Å²) in [7, 11) is 1.83. The van der Waals surface area contributed by atoms with Crippen molar-refractivity contribution in [1.29, 1.82) is 0 Å². The Morgan fingerprint density at radius 1 is 1.38 bits per heavy atom. The second-order valence-corrected chi connectivity index (χ2v) is 6.04. The first-order chi connectivity index (χ1) is 10.8. The van der Waals surface area contributed by atoms with E-state index < -0.39 is 11.7 Å². The quantitative estimate of drug-likeness (QED) is 0.736. The minimum absolute atomic E-state index is 0. The molecule has 1 fully saturated rings. The number of hydrogen-bond donors (Lipinski definition) is 1. The molecule has 24 heavy (non-hydrogen) atoms. The van der Waals surface area contributed by atoms with Crippen molar-refractivity contribution in [2.24, 2.45) is 0 Å². The molecule has 1 N–H and O–H groups in total. The Balaban J connectivity index is 0.00000288. The van der Waals surface area contributed by atoms with Gasteiger partial charge in [-0.05, 0) is 57.5 Å². The van der Waals surface area contributed by atoms with Gasteiger partial charge in [-0.25, -0.2) is 0 Å². The number of carbonyl (C=O) groups is 1. The van der Waals surface area contributed by atoms with Crippen LogP contribution in [-0.4, -0.2) is 30.4 Å². The molecule has 0 aliphatic heterocycles. The van der Waals surface area contributed by atoms with Crippen molar-refractivity contribution in [3.63, 3.8) is 0 Å². The van der Waals surface area contributed by atoms with Gasteiger partial charge in [0.2, 0.25) is 5.91 Å². The number of halogens is 4. The number of hydrogen-bond acceptors (Lipinski definition) is 2. The maximum Gasteiger partial charge on any atom is 0.416 e. The number of nitrogens with zero attached hydrogens (tertiary/aromatic N) is 1. The van der Waals surface area contributed by atoms with E-state index in [9.17, 15) is 18.0 Å².